The Morgan fingerprint density at radius 1 is 0.952 bits per heavy atom. The largest absolute Gasteiger partial charge is 0.335 e. The fraction of sp³-hybridized carbons (Fsp3) is 0.875. The number of urea groups is 1. The van der Waals surface area contributed by atoms with Crippen molar-refractivity contribution in [3.63, 3.8) is 0 Å². The lowest BCUT2D eigenvalue weighted by molar-refractivity contribution is -0.915. The second kappa shape index (κ2) is 8.37. The molecule has 3 N–H and O–H groups in total. The van der Waals surface area contributed by atoms with Gasteiger partial charge in [0.05, 0.1) is 13.1 Å². The van der Waals surface area contributed by atoms with Gasteiger partial charge in [0.1, 0.15) is 0 Å². The van der Waals surface area contributed by atoms with Crippen molar-refractivity contribution in [2.75, 3.05) is 13.1 Å². The molecule has 3 amide bonds. The molecule has 0 aromatic carbocycles. The van der Waals surface area contributed by atoms with Crippen molar-refractivity contribution >= 4 is 11.9 Å². The predicted molar refractivity (Wildman–Crippen MR) is 82.2 cm³/mol. The third kappa shape index (κ3) is 5.30. The molecule has 1 saturated heterocycles. The number of quaternary nitrogens is 1. The van der Waals surface area contributed by atoms with Crippen LogP contribution in [0.25, 0.3) is 0 Å². The Morgan fingerprint density at radius 2 is 1.52 bits per heavy atom. The molecular weight excluding hydrogens is 266 g/mol. The van der Waals surface area contributed by atoms with Crippen LogP contribution in [0.5, 0.6) is 0 Å². The first-order valence-corrected chi connectivity index (χ1v) is 8.63. The van der Waals surface area contributed by atoms with E-state index in [2.05, 4.69) is 10.6 Å². The minimum absolute atomic E-state index is 0.138. The lowest BCUT2D eigenvalue weighted by Gasteiger charge is -2.26. The monoisotopic (exact) mass is 296 g/mol. The molecule has 2 aliphatic rings. The standard InChI is InChI=1S/C16H29N3O2/c1-13(19-11-7-3-2-4-8-12-19)15(20)18-16(21)17-14-9-5-6-10-14/h13-14H,2-12H2,1H3,(H2,17,18,20,21)/p+1/t13-/m0/s1. The maximum Gasteiger partial charge on any atom is 0.321 e. The molecule has 1 heterocycles. The third-order valence-corrected chi connectivity index (χ3v) is 4.93. The second-order valence-corrected chi connectivity index (χ2v) is 6.59. The number of carbonyl (C=O) groups excluding carboxylic acids is 2. The minimum atomic E-state index is -0.315. The molecule has 0 unspecified atom stereocenters. The summed E-state index contributed by atoms with van der Waals surface area (Å²) < 4.78 is 0. The number of likely N-dealkylation sites (tertiary alicyclic amines) is 1. The Morgan fingerprint density at radius 3 is 2.14 bits per heavy atom. The van der Waals surface area contributed by atoms with Gasteiger partial charge in [-0.25, -0.2) is 4.79 Å². The summed E-state index contributed by atoms with van der Waals surface area (Å²) in [4.78, 5) is 25.4. The summed E-state index contributed by atoms with van der Waals surface area (Å²) in [5, 5.41) is 5.44. The zero-order valence-corrected chi connectivity index (χ0v) is 13.2. The van der Waals surface area contributed by atoms with E-state index >= 15 is 0 Å². The Bertz CT molecular complexity index is 345. The summed E-state index contributed by atoms with van der Waals surface area (Å²) >= 11 is 0. The van der Waals surface area contributed by atoms with Crippen LogP contribution in [0.1, 0.15) is 64.7 Å². The number of carbonyl (C=O) groups is 2. The van der Waals surface area contributed by atoms with Gasteiger partial charge in [0.2, 0.25) is 0 Å². The number of hydrogen-bond donors (Lipinski definition) is 3. The lowest BCUT2D eigenvalue weighted by Crippen LogP contribution is -3.16. The van der Waals surface area contributed by atoms with E-state index in [1.165, 1.54) is 49.8 Å². The van der Waals surface area contributed by atoms with Crippen LogP contribution >= 0.6 is 0 Å². The maximum absolute atomic E-state index is 12.2. The van der Waals surface area contributed by atoms with Gasteiger partial charge in [-0.1, -0.05) is 19.3 Å². The zero-order valence-electron chi connectivity index (χ0n) is 13.2. The van der Waals surface area contributed by atoms with Gasteiger partial charge < -0.3 is 10.2 Å². The quantitative estimate of drug-likeness (QED) is 0.727. The minimum Gasteiger partial charge on any atom is -0.335 e. The fourth-order valence-electron chi connectivity index (χ4n) is 3.49. The predicted octanol–water partition coefficient (Wildman–Crippen LogP) is 0.992. The highest BCUT2D eigenvalue weighted by molar-refractivity contribution is 5.96. The first-order chi connectivity index (χ1) is 10.2. The summed E-state index contributed by atoms with van der Waals surface area (Å²) in [6.45, 7) is 4.02. The van der Waals surface area contributed by atoms with Crippen LogP contribution in [0, 0.1) is 0 Å². The smallest absolute Gasteiger partial charge is 0.321 e. The topological polar surface area (TPSA) is 62.6 Å². The molecule has 1 aliphatic heterocycles. The Hall–Kier alpha value is -1.10. The van der Waals surface area contributed by atoms with Gasteiger partial charge in [0.15, 0.2) is 6.04 Å². The van der Waals surface area contributed by atoms with Crippen molar-refractivity contribution in [1.29, 1.82) is 0 Å². The Kier molecular flexibility index (Phi) is 6.49. The number of rotatable bonds is 3. The van der Waals surface area contributed by atoms with E-state index in [4.69, 9.17) is 0 Å². The van der Waals surface area contributed by atoms with E-state index in [9.17, 15) is 9.59 Å². The van der Waals surface area contributed by atoms with E-state index in [-0.39, 0.29) is 24.0 Å². The molecule has 21 heavy (non-hydrogen) atoms. The van der Waals surface area contributed by atoms with Crippen molar-refractivity contribution in [3.8, 4) is 0 Å². The molecule has 5 heteroatoms. The van der Waals surface area contributed by atoms with Gasteiger partial charge in [-0.2, -0.15) is 0 Å². The zero-order chi connectivity index (χ0) is 15.1. The molecular formula is C16H30N3O2+. The summed E-state index contributed by atoms with van der Waals surface area (Å²) in [5.74, 6) is -0.138. The molecule has 0 aromatic heterocycles. The van der Waals surface area contributed by atoms with E-state index in [0.29, 0.717) is 0 Å². The summed E-state index contributed by atoms with van der Waals surface area (Å²) in [6, 6.07) is -0.204. The third-order valence-electron chi connectivity index (χ3n) is 4.93. The molecule has 0 radical (unpaired) electrons. The van der Waals surface area contributed by atoms with Gasteiger partial charge in [0.25, 0.3) is 5.91 Å². The molecule has 5 nitrogen and oxygen atoms in total. The molecule has 1 atom stereocenters. The highest BCUT2D eigenvalue weighted by Gasteiger charge is 2.27. The molecule has 0 bridgehead atoms. The SMILES string of the molecule is C[C@@H](C(=O)NC(=O)NC1CCCC1)[NH+]1CCCCCCC1. The number of amides is 3. The van der Waals surface area contributed by atoms with E-state index < -0.39 is 0 Å². The van der Waals surface area contributed by atoms with Crippen LogP contribution in [0.4, 0.5) is 4.79 Å². The number of nitrogens with one attached hydrogen (secondary N) is 3. The fourth-order valence-corrected chi connectivity index (χ4v) is 3.49. The maximum atomic E-state index is 12.2. The Labute approximate surface area is 127 Å². The molecule has 120 valence electrons. The number of imide groups is 1. The summed E-state index contributed by atoms with van der Waals surface area (Å²) in [7, 11) is 0. The summed E-state index contributed by atoms with van der Waals surface area (Å²) in [5.41, 5.74) is 0. The van der Waals surface area contributed by atoms with Crippen LogP contribution in [0.2, 0.25) is 0 Å². The average molecular weight is 296 g/mol. The van der Waals surface area contributed by atoms with Crippen LogP contribution < -0.4 is 15.5 Å². The highest BCUT2D eigenvalue weighted by atomic mass is 16.2. The molecule has 0 spiro atoms. The Balaban J connectivity index is 1.76. The van der Waals surface area contributed by atoms with Crippen molar-refractivity contribution in [2.45, 2.75) is 76.8 Å². The van der Waals surface area contributed by atoms with Gasteiger partial charge in [0, 0.05) is 6.04 Å². The van der Waals surface area contributed by atoms with Crippen molar-refractivity contribution in [3.05, 3.63) is 0 Å². The van der Waals surface area contributed by atoms with Crippen molar-refractivity contribution in [2.24, 2.45) is 0 Å². The van der Waals surface area contributed by atoms with Gasteiger partial charge in [-0.3, -0.25) is 10.1 Å². The highest BCUT2D eigenvalue weighted by Crippen LogP contribution is 2.17. The molecule has 2 rings (SSSR count). The van der Waals surface area contributed by atoms with Crippen molar-refractivity contribution < 1.29 is 14.5 Å². The van der Waals surface area contributed by atoms with Crippen LogP contribution in [0.3, 0.4) is 0 Å². The van der Waals surface area contributed by atoms with Crippen molar-refractivity contribution in [1.82, 2.24) is 10.6 Å². The van der Waals surface area contributed by atoms with E-state index in [1.807, 2.05) is 6.92 Å². The first kappa shape index (κ1) is 16.3. The first-order valence-electron chi connectivity index (χ1n) is 8.63. The van der Waals surface area contributed by atoms with E-state index in [1.54, 1.807) is 0 Å². The van der Waals surface area contributed by atoms with Crippen LogP contribution in [-0.2, 0) is 4.79 Å². The van der Waals surface area contributed by atoms with Crippen LogP contribution in [-0.4, -0.2) is 37.1 Å². The van der Waals surface area contributed by atoms with E-state index in [0.717, 1.165) is 25.9 Å². The van der Waals surface area contributed by atoms with Gasteiger partial charge in [-0.05, 0) is 45.4 Å². The molecule has 1 aliphatic carbocycles. The molecule has 1 saturated carbocycles. The molecule has 0 aromatic rings. The van der Waals surface area contributed by atoms with Gasteiger partial charge >= 0.3 is 6.03 Å². The normalized spacial score (nSPS) is 23.1. The average Bonchev–Trinajstić information content (AvgIpc) is 2.90. The summed E-state index contributed by atoms with van der Waals surface area (Å²) in [6.07, 6.45) is 10.6. The van der Waals surface area contributed by atoms with Crippen LogP contribution in [0.15, 0.2) is 0 Å². The van der Waals surface area contributed by atoms with Gasteiger partial charge in [-0.15, -0.1) is 0 Å². The molecule has 2 fully saturated rings. The second-order valence-electron chi connectivity index (χ2n) is 6.59. The lowest BCUT2D eigenvalue weighted by atomic mass is 10.1. The number of hydrogen-bond acceptors (Lipinski definition) is 2.